The van der Waals surface area contributed by atoms with Crippen LogP contribution in [0.1, 0.15) is 23.2 Å². The molecular weight excluding hydrogens is 266 g/mol. The van der Waals surface area contributed by atoms with Gasteiger partial charge in [0, 0.05) is 6.54 Å². The molecule has 1 aromatic rings. The first-order chi connectivity index (χ1) is 9.63. The topological polar surface area (TPSA) is 50.4 Å². The maximum atomic E-state index is 13.9. The molecule has 0 amide bonds. The molecule has 0 aromatic heterocycles. The molecule has 20 heavy (non-hydrogen) atoms. The first-order valence-corrected chi connectivity index (χ1v) is 6.64. The van der Waals surface area contributed by atoms with E-state index in [1.54, 1.807) is 0 Å². The molecule has 1 aliphatic heterocycles. The summed E-state index contributed by atoms with van der Waals surface area (Å²) < 4.78 is 32.0. The van der Waals surface area contributed by atoms with Crippen LogP contribution in [-0.4, -0.2) is 32.7 Å². The number of hydrogen-bond donors (Lipinski definition) is 2. The second kappa shape index (κ2) is 6.65. The number of rotatable bonds is 4. The van der Waals surface area contributed by atoms with Crippen molar-refractivity contribution in [2.75, 3.05) is 32.1 Å². The Hall–Kier alpha value is -1.69. The zero-order valence-corrected chi connectivity index (χ0v) is 11.3. The van der Waals surface area contributed by atoms with Crippen molar-refractivity contribution in [3.63, 3.8) is 0 Å². The van der Waals surface area contributed by atoms with Crippen LogP contribution in [0.4, 0.5) is 14.5 Å². The highest BCUT2D eigenvalue weighted by Gasteiger charge is 2.20. The molecule has 0 aliphatic carbocycles. The lowest BCUT2D eigenvalue weighted by atomic mass is 9.98. The van der Waals surface area contributed by atoms with Crippen molar-refractivity contribution >= 4 is 11.7 Å². The van der Waals surface area contributed by atoms with Crippen molar-refractivity contribution in [1.82, 2.24) is 5.32 Å². The van der Waals surface area contributed by atoms with Gasteiger partial charge < -0.3 is 15.4 Å². The highest BCUT2D eigenvalue weighted by molar-refractivity contribution is 5.90. The van der Waals surface area contributed by atoms with Crippen molar-refractivity contribution in [2.24, 2.45) is 5.92 Å². The Bertz CT molecular complexity index is 488. The molecular formula is C14H18F2N2O2. The fourth-order valence-electron chi connectivity index (χ4n) is 2.29. The molecule has 0 saturated carbocycles. The Kier molecular flexibility index (Phi) is 4.89. The molecule has 1 fully saturated rings. The third kappa shape index (κ3) is 3.25. The van der Waals surface area contributed by atoms with Gasteiger partial charge in [-0.3, -0.25) is 0 Å². The zero-order chi connectivity index (χ0) is 14.5. The third-order valence-electron chi connectivity index (χ3n) is 3.53. The first-order valence-electron chi connectivity index (χ1n) is 6.64. The molecule has 1 heterocycles. The van der Waals surface area contributed by atoms with Crippen molar-refractivity contribution < 1.29 is 18.3 Å². The van der Waals surface area contributed by atoms with Crippen molar-refractivity contribution in [1.29, 1.82) is 0 Å². The summed E-state index contributed by atoms with van der Waals surface area (Å²) >= 11 is 0. The van der Waals surface area contributed by atoms with E-state index in [0.717, 1.165) is 33.0 Å². The van der Waals surface area contributed by atoms with Gasteiger partial charge in [-0.25, -0.2) is 13.6 Å². The van der Waals surface area contributed by atoms with Gasteiger partial charge in [-0.2, -0.15) is 0 Å². The lowest BCUT2D eigenvalue weighted by Gasteiger charge is -2.23. The van der Waals surface area contributed by atoms with Crippen LogP contribution in [0, 0.1) is 17.6 Å². The molecule has 0 spiro atoms. The van der Waals surface area contributed by atoms with E-state index in [1.807, 2.05) is 0 Å². The summed E-state index contributed by atoms with van der Waals surface area (Å²) in [4.78, 5) is 11.2. The van der Waals surface area contributed by atoms with Gasteiger partial charge in [0.2, 0.25) is 0 Å². The van der Waals surface area contributed by atoms with Crippen molar-refractivity contribution in [3.8, 4) is 0 Å². The second-order valence-electron chi connectivity index (χ2n) is 4.85. The number of piperidine rings is 1. The van der Waals surface area contributed by atoms with Crippen LogP contribution in [0.3, 0.4) is 0 Å². The number of benzene rings is 1. The summed E-state index contributed by atoms with van der Waals surface area (Å²) in [6, 6.07) is 2.60. The van der Waals surface area contributed by atoms with E-state index in [4.69, 9.17) is 0 Å². The van der Waals surface area contributed by atoms with Gasteiger partial charge in [0.25, 0.3) is 0 Å². The Morgan fingerprint density at radius 3 is 2.70 bits per heavy atom. The highest BCUT2D eigenvalue weighted by Crippen LogP contribution is 2.22. The minimum Gasteiger partial charge on any atom is -0.465 e. The number of anilines is 1. The predicted molar refractivity (Wildman–Crippen MR) is 71.8 cm³/mol. The molecule has 0 unspecified atom stereocenters. The van der Waals surface area contributed by atoms with Crippen molar-refractivity contribution in [3.05, 3.63) is 29.3 Å². The molecule has 2 rings (SSSR count). The summed E-state index contributed by atoms with van der Waals surface area (Å²) in [5, 5.41) is 6.16. The van der Waals surface area contributed by atoms with E-state index in [0.29, 0.717) is 12.5 Å². The molecule has 1 aromatic carbocycles. The lowest BCUT2D eigenvalue weighted by Crippen LogP contribution is -2.31. The molecule has 0 bridgehead atoms. The molecule has 4 nitrogen and oxygen atoms in total. The fraction of sp³-hybridized carbons (Fsp3) is 0.500. The van der Waals surface area contributed by atoms with Crippen LogP contribution in [-0.2, 0) is 4.74 Å². The SMILES string of the molecule is COC(=O)c1ccc(NCC2CCNCC2)c(F)c1F. The second-order valence-corrected chi connectivity index (χ2v) is 4.85. The Morgan fingerprint density at radius 1 is 1.35 bits per heavy atom. The summed E-state index contributed by atoms with van der Waals surface area (Å²) in [7, 11) is 1.13. The number of halogens is 2. The minimum atomic E-state index is -1.17. The number of ether oxygens (including phenoxy) is 1. The van der Waals surface area contributed by atoms with Crippen LogP contribution in [0.15, 0.2) is 12.1 Å². The fourth-order valence-corrected chi connectivity index (χ4v) is 2.29. The van der Waals surface area contributed by atoms with Gasteiger partial charge in [0.05, 0.1) is 18.4 Å². The average Bonchev–Trinajstić information content (AvgIpc) is 2.49. The lowest BCUT2D eigenvalue weighted by molar-refractivity contribution is 0.0594. The molecule has 110 valence electrons. The van der Waals surface area contributed by atoms with Crippen LogP contribution in [0.25, 0.3) is 0 Å². The van der Waals surface area contributed by atoms with Crippen LogP contribution < -0.4 is 10.6 Å². The highest BCUT2D eigenvalue weighted by atomic mass is 19.2. The minimum absolute atomic E-state index is 0.0775. The van der Waals surface area contributed by atoms with Gasteiger partial charge in [0.1, 0.15) is 0 Å². The quantitative estimate of drug-likeness (QED) is 0.832. The van der Waals surface area contributed by atoms with Gasteiger partial charge in [0.15, 0.2) is 11.6 Å². The molecule has 1 saturated heterocycles. The number of nitrogens with one attached hydrogen (secondary N) is 2. The summed E-state index contributed by atoms with van der Waals surface area (Å²) in [5.74, 6) is -2.65. The normalized spacial score (nSPS) is 15.9. The van der Waals surface area contributed by atoms with Crippen LogP contribution >= 0.6 is 0 Å². The third-order valence-corrected chi connectivity index (χ3v) is 3.53. The monoisotopic (exact) mass is 284 g/mol. The van der Waals surface area contributed by atoms with E-state index in [9.17, 15) is 13.6 Å². The standard InChI is InChI=1S/C14H18F2N2O2/c1-20-14(19)10-2-3-11(13(16)12(10)15)18-8-9-4-6-17-7-5-9/h2-3,9,17-18H,4-8H2,1H3. The molecule has 2 N–H and O–H groups in total. The van der Waals surface area contributed by atoms with Crippen LogP contribution in [0.2, 0.25) is 0 Å². The molecule has 0 atom stereocenters. The summed E-state index contributed by atoms with van der Waals surface area (Å²) in [6.45, 7) is 2.49. The largest absolute Gasteiger partial charge is 0.465 e. The van der Waals surface area contributed by atoms with E-state index in [-0.39, 0.29) is 5.69 Å². The van der Waals surface area contributed by atoms with Gasteiger partial charge in [-0.15, -0.1) is 0 Å². The number of hydrogen-bond acceptors (Lipinski definition) is 4. The Labute approximate surface area is 116 Å². The van der Waals surface area contributed by atoms with E-state index in [1.165, 1.54) is 12.1 Å². The first kappa shape index (κ1) is 14.7. The molecule has 6 heteroatoms. The number of methoxy groups -OCH3 is 1. The Morgan fingerprint density at radius 2 is 2.05 bits per heavy atom. The smallest absolute Gasteiger partial charge is 0.340 e. The van der Waals surface area contributed by atoms with E-state index in [2.05, 4.69) is 15.4 Å². The number of carbonyl (C=O) groups is 1. The van der Waals surface area contributed by atoms with Gasteiger partial charge >= 0.3 is 5.97 Å². The molecule has 0 radical (unpaired) electrons. The van der Waals surface area contributed by atoms with Gasteiger partial charge in [-0.1, -0.05) is 0 Å². The van der Waals surface area contributed by atoms with E-state index >= 15 is 0 Å². The average molecular weight is 284 g/mol. The number of esters is 1. The van der Waals surface area contributed by atoms with E-state index < -0.39 is 23.2 Å². The Balaban J connectivity index is 2.05. The zero-order valence-electron chi connectivity index (χ0n) is 11.3. The maximum absolute atomic E-state index is 13.9. The summed E-state index contributed by atoms with van der Waals surface area (Å²) in [5.41, 5.74) is -0.314. The number of carbonyl (C=O) groups excluding carboxylic acids is 1. The summed E-state index contributed by atoms with van der Waals surface area (Å²) in [6.07, 6.45) is 2.02. The van der Waals surface area contributed by atoms with Crippen LogP contribution in [0.5, 0.6) is 0 Å². The maximum Gasteiger partial charge on any atom is 0.340 e. The predicted octanol–water partition coefficient (Wildman–Crippen LogP) is 2.16. The molecule has 1 aliphatic rings. The van der Waals surface area contributed by atoms with Crippen molar-refractivity contribution in [2.45, 2.75) is 12.8 Å². The van der Waals surface area contributed by atoms with Gasteiger partial charge in [-0.05, 0) is 44.0 Å².